The maximum absolute atomic E-state index is 6.19. The van der Waals surface area contributed by atoms with Crippen molar-refractivity contribution >= 4 is 0 Å². The fourth-order valence-electron chi connectivity index (χ4n) is 4.12. The van der Waals surface area contributed by atoms with Crippen molar-refractivity contribution in [3.05, 3.63) is 0 Å². The molecule has 0 radical (unpaired) electrons. The summed E-state index contributed by atoms with van der Waals surface area (Å²) in [7, 11) is 1.85. The largest absolute Gasteiger partial charge is 0.380 e. The molecule has 0 aromatic rings. The molecule has 1 saturated heterocycles. The normalized spacial score (nSPS) is 37.4. The molecule has 2 aliphatic rings. The van der Waals surface area contributed by atoms with Gasteiger partial charge >= 0.3 is 0 Å². The van der Waals surface area contributed by atoms with E-state index in [0.717, 1.165) is 19.0 Å². The first-order valence-corrected chi connectivity index (χ1v) is 8.22. The van der Waals surface area contributed by atoms with E-state index in [1.54, 1.807) is 0 Å². The minimum Gasteiger partial charge on any atom is -0.380 e. The number of hydrogen-bond acceptors (Lipinski definition) is 3. The van der Waals surface area contributed by atoms with E-state index in [1.807, 2.05) is 7.11 Å². The summed E-state index contributed by atoms with van der Waals surface area (Å²) in [6.07, 6.45) is 11.0. The Labute approximate surface area is 118 Å². The lowest BCUT2D eigenvalue weighted by Crippen LogP contribution is -2.59. The molecule has 0 aromatic carbocycles. The number of ether oxygens (including phenoxy) is 1. The third-order valence-corrected chi connectivity index (χ3v) is 5.50. The van der Waals surface area contributed by atoms with Crippen molar-refractivity contribution in [2.45, 2.75) is 69.9 Å². The van der Waals surface area contributed by atoms with Crippen LogP contribution in [-0.2, 0) is 4.74 Å². The smallest absolute Gasteiger partial charge is 0.0698 e. The van der Waals surface area contributed by atoms with Crippen LogP contribution in [0.1, 0.15) is 58.3 Å². The molecule has 3 nitrogen and oxygen atoms in total. The summed E-state index contributed by atoms with van der Waals surface area (Å²) >= 11 is 0. The van der Waals surface area contributed by atoms with Crippen LogP contribution in [0.3, 0.4) is 0 Å². The van der Waals surface area contributed by atoms with Crippen LogP contribution >= 0.6 is 0 Å². The molecule has 1 saturated carbocycles. The van der Waals surface area contributed by atoms with Gasteiger partial charge in [-0.1, -0.05) is 19.8 Å². The van der Waals surface area contributed by atoms with Crippen molar-refractivity contribution in [2.24, 2.45) is 11.7 Å². The maximum atomic E-state index is 6.19. The van der Waals surface area contributed by atoms with E-state index in [0.29, 0.717) is 6.10 Å². The molecule has 2 fully saturated rings. The SMILES string of the molecule is CCCC1CCC(CN)(N2CCCC(OC)C2)CC1. The van der Waals surface area contributed by atoms with Crippen molar-refractivity contribution in [3.8, 4) is 0 Å². The Hall–Kier alpha value is -0.120. The van der Waals surface area contributed by atoms with Gasteiger partial charge in [-0.25, -0.2) is 0 Å². The predicted octanol–water partition coefficient (Wildman–Crippen LogP) is 2.79. The lowest BCUT2D eigenvalue weighted by molar-refractivity contribution is -0.0358. The Morgan fingerprint density at radius 3 is 2.58 bits per heavy atom. The number of nitrogens with two attached hydrogens (primary N) is 1. The highest BCUT2D eigenvalue weighted by Gasteiger charge is 2.40. The van der Waals surface area contributed by atoms with E-state index in [1.165, 1.54) is 57.9 Å². The summed E-state index contributed by atoms with van der Waals surface area (Å²) in [5.41, 5.74) is 6.47. The second-order valence-electron chi connectivity index (χ2n) is 6.61. The van der Waals surface area contributed by atoms with Crippen LogP contribution in [-0.4, -0.2) is 43.3 Å². The van der Waals surface area contributed by atoms with Gasteiger partial charge in [0.2, 0.25) is 0 Å². The molecule has 0 aromatic heterocycles. The van der Waals surface area contributed by atoms with Crippen molar-refractivity contribution in [1.82, 2.24) is 4.90 Å². The summed E-state index contributed by atoms with van der Waals surface area (Å²) in [6.45, 7) is 5.43. The second-order valence-corrected chi connectivity index (χ2v) is 6.61. The van der Waals surface area contributed by atoms with E-state index < -0.39 is 0 Å². The minimum atomic E-state index is 0.279. The number of likely N-dealkylation sites (tertiary alicyclic amines) is 1. The van der Waals surface area contributed by atoms with E-state index >= 15 is 0 Å². The summed E-state index contributed by atoms with van der Waals surface area (Å²) in [5, 5.41) is 0. The maximum Gasteiger partial charge on any atom is 0.0698 e. The van der Waals surface area contributed by atoms with Gasteiger partial charge in [0.1, 0.15) is 0 Å². The van der Waals surface area contributed by atoms with Crippen molar-refractivity contribution < 1.29 is 4.74 Å². The van der Waals surface area contributed by atoms with Gasteiger partial charge in [0, 0.05) is 25.7 Å². The van der Waals surface area contributed by atoms with Crippen LogP contribution in [0.5, 0.6) is 0 Å². The molecule has 1 heterocycles. The van der Waals surface area contributed by atoms with Crippen LogP contribution in [0.25, 0.3) is 0 Å². The lowest BCUT2D eigenvalue weighted by atomic mass is 9.73. The Kier molecular flexibility index (Phi) is 5.67. The van der Waals surface area contributed by atoms with Crippen molar-refractivity contribution in [3.63, 3.8) is 0 Å². The molecule has 2 N–H and O–H groups in total. The molecule has 19 heavy (non-hydrogen) atoms. The minimum absolute atomic E-state index is 0.279. The van der Waals surface area contributed by atoms with Gasteiger partial charge in [0.15, 0.2) is 0 Å². The third-order valence-electron chi connectivity index (χ3n) is 5.50. The summed E-state index contributed by atoms with van der Waals surface area (Å²) in [4.78, 5) is 2.66. The monoisotopic (exact) mass is 268 g/mol. The zero-order valence-corrected chi connectivity index (χ0v) is 12.9. The number of hydrogen-bond donors (Lipinski definition) is 1. The average molecular weight is 268 g/mol. The molecule has 2 rings (SSSR count). The van der Waals surface area contributed by atoms with Crippen molar-refractivity contribution in [2.75, 3.05) is 26.7 Å². The predicted molar refractivity (Wildman–Crippen MR) is 80.3 cm³/mol. The molecule has 0 amide bonds. The zero-order chi connectivity index (χ0) is 13.7. The molecule has 1 unspecified atom stereocenters. The van der Waals surface area contributed by atoms with Gasteiger partial charge < -0.3 is 10.5 Å². The topological polar surface area (TPSA) is 38.5 Å². The van der Waals surface area contributed by atoms with E-state index in [4.69, 9.17) is 10.5 Å². The summed E-state index contributed by atoms with van der Waals surface area (Å²) < 4.78 is 5.58. The molecule has 1 aliphatic carbocycles. The zero-order valence-electron chi connectivity index (χ0n) is 12.9. The standard InChI is InChI=1S/C16H32N2O/c1-3-5-14-7-9-16(13-17,10-8-14)18-11-4-6-15(12-18)19-2/h14-15H,3-13,17H2,1-2H3. The van der Waals surface area contributed by atoms with Gasteiger partial charge in [-0.15, -0.1) is 0 Å². The number of piperidine rings is 1. The lowest BCUT2D eigenvalue weighted by Gasteiger charge is -2.50. The van der Waals surface area contributed by atoms with E-state index in [-0.39, 0.29) is 5.54 Å². The first-order valence-electron chi connectivity index (χ1n) is 8.22. The highest BCUT2D eigenvalue weighted by atomic mass is 16.5. The molecule has 0 spiro atoms. The Balaban J connectivity index is 1.95. The van der Waals surface area contributed by atoms with E-state index in [2.05, 4.69) is 11.8 Å². The van der Waals surface area contributed by atoms with E-state index in [9.17, 15) is 0 Å². The van der Waals surface area contributed by atoms with Gasteiger partial charge in [0.05, 0.1) is 6.10 Å². The van der Waals surface area contributed by atoms with Gasteiger partial charge in [0.25, 0.3) is 0 Å². The molecular formula is C16H32N2O. The van der Waals surface area contributed by atoms with Gasteiger partial charge in [-0.3, -0.25) is 4.90 Å². The molecule has 1 atom stereocenters. The van der Waals surface area contributed by atoms with Crippen LogP contribution in [0, 0.1) is 5.92 Å². The first-order chi connectivity index (χ1) is 9.24. The summed E-state index contributed by atoms with van der Waals surface area (Å²) in [6, 6.07) is 0. The first kappa shape index (κ1) is 15.3. The van der Waals surface area contributed by atoms with Crippen LogP contribution in [0.2, 0.25) is 0 Å². The van der Waals surface area contributed by atoms with Crippen molar-refractivity contribution in [1.29, 1.82) is 0 Å². The Morgan fingerprint density at radius 2 is 2.00 bits per heavy atom. The Morgan fingerprint density at radius 1 is 1.26 bits per heavy atom. The fourth-order valence-corrected chi connectivity index (χ4v) is 4.12. The molecule has 112 valence electrons. The van der Waals surface area contributed by atoms with Crippen LogP contribution in [0.15, 0.2) is 0 Å². The fraction of sp³-hybridized carbons (Fsp3) is 1.00. The van der Waals surface area contributed by atoms with Gasteiger partial charge in [-0.05, 0) is 51.0 Å². The molecule has 3 heteroatoms. The second kappa shape index (κ2) is 7.05. The van der Waals surface area contributed by atoms with Crippen LogP contribution < -0.4 is 5.73 Å². The van der Waals surface area contributed by atoms with Crippen LogP contribution in [0.4, 0.5) is 0 Å². The van der Waals surface area contributed by atoms with Gasteiger partial charge in [-0.2, -0.15) is 0 Å². The molecule has 0 bridgehead atoms. The average Bonchev–Trinajstić information content (AvgIpc) is 2.49. The third kappa shape index (κ3) is 3.50. The number of methoxy groups -OCH3 is 1. The Bertz CT molecular complexity index is 261. The molecular weight excluding hydrogens is 236 g/mol. The highest BCUT2D eigenvalue weighted by Crippen LogP contribution is 2.39. The number of nitrogens with zero attached hydrogens (tertiary/aromatic N) is 1. The highest BCUT2D eigenvalue weighted by molar-refractivity contribution is 4.97. The number of rotatable bonds is 5. The quantitative estimate of drug-likeness (QED) is 0.833. The summed E-state index contributed by atoms with van der Waals surface area (Å²) in [5.74, 6) is 0.952. The molecule has 1 aliphatic heterocycles.